The minimum absolute atomic E-state index is 0.488. The molecule has 0 bridgehead atoms. The zero-order chi connectivity index (χ0) is 13.9. The lowest BCUT2D eigenvalue weighted by atomic mass is 10.00. The molecule has 1 atom stereocenters. The summed E-state index contributed by atoms with van der Waals surface area (Å²) in [5.74, 6) is 0.967. The monoisotopic (exact) mass is 263 g/mol. The maximum absolute atomic E-state index is 5.50. The molecule has 0 amide bonds. The van der Waals surface area contributed by atoms with E-state index in [1.165, 1.54) is 37.7 Å². The maximum Gasteiger partial charge on any atom is 0.119 e. The number of hydrogen-bond acceptors (Lipinski definition) is 2. The van der Waals surface area contributed by atoms with Gasteiger partial charge in [0.25, 0.3) is 0 Å². The minimum Gasteiger partial charge on any atom is -0.494 e. The van der Waals surface area contributed by atoms with Crippen LogP contribution < -0.4 is 10.1 Å². The highest BCUT2D eigenvalue weighted by atomic mass is 16.5. The van der Waals surface area contributed by atoms with Gasteiger partial charge in [0.1, 0.15) is 5.75 Å². The Morgan fingerprint density at radius 1 is 1.00 bits per heavy atom. The normalized spacial score (nSPS) is 12.4. The molecule has 1 aromatic carbocycles. The molecule has 2 heteroatoms. The zero-order valence-corrected chi connectivity index (χ0v) is 12.7. The van der Waals surface area contributed by atoms with E-state index in [0.29, 0.717) is 6.04 Å². The van der Waals surface area contributed by atoms with E-state index in [0.717, 1.165) is 18.9 Å². The van der Waals surface area contributed by atoms with Crippen LogP contribution in [0.2, 0.25) is 0 Å². The number of rotatable bonds is 10. The third-order valence-electron chi connectivity index (χ3n) is 3.33. The van der Waals surface area contributed by atoms with E-state index in [9.17, 15) is 0 Å². The third kappa shape index (κ3) is 6.11. The lowest BCUT2D eigenvalue weighted by Crippen LogP contribution is -2.22. The molecule has 0 aliphatic rings. The first-order valence-corrected chi connectivity index (χ1v) is 7.77. The predicted molar refractivity (Wildman–Crippen MR) is 82.8 cm³/mol. The molecule has 0 spiro atoms. The van der Waals surface area contributed by atoms with Crippen molar-refractivity contribution in [3.63, 3.8) is 0 Å². The van der Waals surface area contributed by atoms with Crippen molar-refractivity contribution < 1.29 is 4.74 Å². The van der Waals surface area contributed by atoms with Gasteiger partial charge < -0.3 is 10.1 Å². The van der Waals surface area contributed by atoms with Gasteiger partial charge in [0.15, 0.2) is 0 Å². The molecule has 19 heavy (non-hydrogen) atoms. The van der Waals surface area contributed by atoms with Crippen molar-refractivity contribution in [1.29, 1.82) is 0 Å². The zero-order valence-electron chi connectivity index (χ0n) is 12.7. The van der Waals surface area contributed by atoms with Gasteiger partial charge in [-0.3, -0.25) is 0 Å². The van der Waals surface area contributed by atoms with Crippen molar-refractivity contribution in [2.45, 2.75) is 58.9 Å². The Balaban J connectivity index is 2.60. The fourth-order valence-corrected chi connectivity index (χ4v) is 2.27. The highest BCUT2D eigenvalue weighted by Crippen LogP contribution is 2.22. The summed E-state index contributed by atoms with van der Waals surface area (Å²) in [6.45, 7) is 8.31. The van der Waals surface area contributed by atoms with Crippen LogP contribution in [0.5, 0.6) is 5.75 Å². The van der Waals surface area contributed by atoms with Gasteiger partial charge in [-0.05, 0) is 44.0 Å². The highest BCUT2D eigenvalue weighted by molar-refractivity contribution is 5.29. The molecule has 2 nitrogen and oxygen atoms in total. The van der Waals surface area contributed by atoms with Gasteiger partial charge in [-0.25, -0.2) is 0 Å². The van der Waals surface area contributed by atoms with E-state index < -0.39 is 0 Å². The molecular formula is C17H29NO. The topological polar surface area (TPSA) is 21.3 Å². The smallest absolute Gasteiger partial charge is 0.119 e. The molecule has 0 saturated carbocycles. The van der Waals surface area contributed by atoms with E-state index >= 15 is 0 Å². The van der Waals surface area contributed by atoms with E-state index in [1.807, 2.05) is 6.92 Å². The number of unbranched alkanes of at least 4 members (excludes halogenated alkanes) is 2. The molecule has 0 radical (unpaired) electrons. The van der Waals surface area contributed by atoms with Crippen LogP contribution >= 0.6 is 0 Å². The summed E-state index contributed by atoms with van der Waals surface area (Å²) in [4.78, 5) is 0. The standard InChI is InChI=1S/C17H29NO/c1-4-7-8-9-17(18-14-5-2)15-10-12-16(13-11-15)19-6-3/h10-13,17-18H,4-9,14H2,1-3H3. The number of ether oxygens (including phenoxy) is 1. The Morgan fingerprint density at radius 3 is 2.32 bits per heavy atom. The van der Waals surface area contributed by atoms with Gasteiger partial charge in [-0.1, -0.05) is 45.2 Å². The minimum atomic E-state index is 0.488. The summed E-state index contributed by atoms with van der Waals surface area (Å²) >= 11 is 0. The van der Waals surface area contributed by atoms with Crippen molar-refractivity contribution in [3.8, 4) is 5.75 Å². The summed E-state index contributed by atoms with van der Waals surface area (Å²) in [6, 6.07) is 9.05. The van der Waals surface area contributed by atoms with E-state index in [4.69, 9.17) is 4.74 Å². The number of benzene rings is 1. The summed E-state index contributed by atoms with van der Waals surface area (Å²) in [7, 11) is 0. The molecule has 1 N–H and O–H groups in total. The van der Waals surface area contributed by atoms with Gasteiger partial charge in [-0.15, -0.1) is 0 Å². The second kappa shape index (κ2) is 9.85. The van der Waals surface area contributed by atoms with Crippen LogP contribution in [0.25, 0.3) is 0 Å². The van der Waals surface area contributed by atoms with E-state index in [2.05, 4.69) is 43.4 Å². The third-order valence-corrected chi connectivity index (χ3v) is 3.33. The van der Waals surface area contributed by atoms with Crippen LogP contribution in [0.15, 0.2) is 24.3 Å². The van der Waals surface area contributed by atoms with Crippen LogP contribution in [0.4, 0.5) is 0 Å². The van der Waals surface area contributed by atoms with Crippen molar-refractivity contribution in [3.05, 3.63) is 29.8 Å². The molecule has 0 heterocycles. The predicted octanol–water partition coefficient (Wildman–Crippen LogP) is 4.71. The average Bonchev–Trinajstić information content (AvgIpc) is 2.44. The Hall–Kier alpha value is -1.02. The van der Waals surface area contributed by atoms with Crippen LogP contribution in [-0.4, -0.2) is 13.2 Å². The maximum atomic E-state index is 5.50. The molecule has 0 fully saturated rings. The van der Waals surface area contributed by atoms with Crippen LogP contribution in [-0.2, 0) is 0 Å². The quantitative estimate of drug-likeness (QED) is 0.617. The molecule has 108 valence electrons. The Labute approximate surface area is 118 Å². The van der Waals surface area contributed by atoms with Crippen LogP contribution in [0.1, 0.15) is 64.5 Å². The lowest BCUT2D eigenvalue weighted by Gasteiger charge is -2.19. The Bertz CT molecular complexity index is 321. The molecule has 0 saturated heterocycles. The summed E-state index contributed by atoms with van der Waals surface area (Å²) in [5, 5.41) is 3.66. The SMILES string of the molecule is CCCCCC(NCCC)c1ccc(OCC)cc1. The van der Waals surface area contributed by atoms with Crippen molar-refractivity contribution in [2.24, 2.45) is 0 Å². The molecule has 1 rings (SSSR count). The van der Waals surface area contributed by atoms with E-state index in [1.54, 1.807) is 0 Å². The van der Waals surface area contributed by atoms with Crippen LogP contribution in [0.3, 0.4) is 0 Å². The average molecular weight is 263 g/mol. The highest BCUT2D eigenvalue weighted by Gasteiger charge is 2.10. The fraction of sp³-hybridized carbons (Fsp3) is 0.647. The fourth-order valence-electron chi connectivity index (χ4n) is 2.27. The second-order valence-electron chi connectivity index (χ2n) is 5.00. The van der Waals surface area contributed by atoms with Crippen molar-refractivity contribution in [1.82, 2.24) is 5.32 Å². The largest absolute Gasteiger partial charge is 0.494 e. The van der Waals surface area contributed by atoms with Gasteiger partial charge in [0.2, 0.25) is 0 Å². The van der Waals surface area contributed by atoms with Crippen molar-refractivity contribution in [2.75, 3.05) is 13.2 Å². The Morgan fingerprint density at radius 2 is 1.74 bits per heavy atom. The van der Waals surface area contributed by atoms with Gasteiger partial charge >= 0.3 is 0 Å². The summed E-state index contributed by atoms with van der Waals surface area (Å²) < 4.78 is 5.50. The second-order valence-corrected chi connectivity index (χ2v) is 5.00. The molecular weight excluding hydrogens is 234 g/mol. The molecule has 0 aliphatic carbocycles. The summed E-state index contributed by atoms with van der Waals surface area (Å²) in [6.07, 6.45) is 6.30. The van der Waals surface area contributed by atoms with Gasteiger partial charge in [0.05, 0.1) is 6.61 Å². The first kappa shape index (κ1) is 16.0. The van der Waals surface area contributed by atoms with Gasteiger partial charge in [-0.2, -0.15) is 0 Å². The number of nitrogens with one attached hydrogen (secondary N) is 1. The first-order chi connectivity index (χ1) is 9.31. The number of hydrogen-bond donors (Lipinski definition) is 1. The Kier molecular flexibility index (Phi) is 8.31. The molecule has 0 aromatic heterocycles. The van der Waals surface area contributed by atoms with Gasteiger partial charge in [0, 0.05) is 6.04 Å². The summed E-state index contributed by atoms with van der Waals surface area (Å²) in [5.41, 5.74) is 1.38. The molecule has 0 aliphatic heterocycles. The molecule has 1 aromatic rings. The first-order valence-electron chi connectivity index (χ1n) is 7.77. The van der Waals surface area contributed by atoms with Crippen molar-refractivity contribution >= 4 is 0 Å². The van der Waals surface area contributed by atoms with Crippen LogP contribution in [0, 0.1) is 0 Å². The lowest BCUT2D eigenvalue weighted by molar-refractivity contribution is 0.340. The molecule has 1 unspecified atom stereocenters. The van der Waals surface area contributed by atoms with E-state index in [-0.39, 0.29) is 0 Å².